The molecule has 5 rings (SSSR count). The van der Waals surface area contributed by atoms with Crippen molar-refractivity contribution in [3.8, 4) is 5.75 Å². The quantitative estimate of drug-likeness (QED) is 0.276. The number of Topliss-reactive ketones (excluding diaryl/α,β-unsaturated/α-hetero) is 1. The summed E-state index contributed by atoms with van der Waals surface area (Å²) in [5.74, 6) is -1.73. The van der Waals surface area contributed by atoms with Crippen LogP contribution in [0.4, 0.5) is 10.5 Å². The van der Waals surface area contributed by atoms with Gasteiger partial charge in [0.2, 0.25) is 5.91 Å². The lowest BCUT2D eigenvalue weighted by molar-refractivity contribution is -0.122. The van der Waals surface area contributed by atoms with Crippen molar-refractivity contribution in [2.24, 2.45) is 11.7 Å². The van der Waals surface area contributed by atoms with Crippen molar-refractivity contribution in [1.29, 1.82) is 0 Å². The monoisotopic (exact) mass is 547 g/mol. The van der Waals surface area contributed by atoms with Crippen LogP contribution in [0.3, 0.4) is 0 Å². The first-order valence-corrected chi connectivity index (χ1v) is 13.5. The van der Waals surface area contributed by atoms with E-state index in [0.717, 1.165) is 22.3 Å². The maximum atomic E-state index is 14.5. The molecule has 208 valence electrons. The minimum Gasteiger partial charge on any atom is -0.497 e. The number of anilines is 1. The van der Waals surface area contributed by atoms with E-state index in [9.17, 15) is 14.4 Å². The SMILES string of the molecule is COc1ccc(C(=O)C2C(c3ccccc3)C(C(N)=O)N(C(=O)Nc3ccc(C)cc3)C2c2ccc(C)cc2)cc1. The first-order valence-electron chi connectivity index (χ1n) is 13.5. The van der Waals surface area contributed by atoms with Crippen LogP contribution in [0.15, 0.2) is 103 Å². The Bertz CT molecular complexity index is 1530. The molecular formula is C34H33N3O4. The summed E-state index contributed by atoms with van der Waals surface area (Å²) in [6.07, 6.45) is 0. The van der Waals surface area contributed by atoms with E-state index in [1.165, 1.54) is 4.90 Å². The van der Waals surface area contributed by atoms with Crippen molar-refractivity contribution in [1.82, 2.24) is 4.90 Å². The molecule has 0 bridgehead atoms. The fourth-order valence-corrected chi connectivity index (χ4v) is 5.75. The molecular weight excluding hydrogens is 514 g/mol. The first-order chi connectivity index (χ1) is 19.8. The van der Waals surface area contributed by atoms with Gasteiger partial charge in [-0.3, -0.25) is 9.59 Å². The Labute approximate surface area is 239 Å². The highest BCUT2D eigenvalue weighted by Crippen LogP contribution is 2.51. The van der Waals surface area contributed by atoms with Gasteiger partial charge in [-0.05, 0) is 61.4 Å². The van der Waals surface area contributed by atoms with Crippen molar-refractivity contribution < 1.29 is 19.1 Å². The lowest BCUT2D eigenvalue weighted by Gasteiger charge is -2.31. The fraction of sp³-hybridized carbons (Fsp3) is 0.206. The Balaban J connectivity index is 1.69. The maximum absolute atomic E-state index is 14.5. The van der Waals surface area contributed by atoms with Crippen LogP contribution in [-0.2, 0) is 4.79 Å². The number of methoxy groups -OCH3 is 1. The van der Waals surface area contributed by atoms with Gasteiger partial charge in [0.25, 0.3) is 0 Å². The molecule has 4 unspecified atom stereocenters. The summed E-state index contributed by atoms with van der Waals surface area (Å²) in [5, 5.41) is 2.94. The van der Waals surface area contributed by atoms with Gasteiger partial charge in [-0.25, -0.2) is 4.79 Å². The number of ketones is 1. The summed E-state index contributed by atoms with van der Waals surface area (Å²) < 4.78 is 5.29. The molecule has 4 atom stereocenters. The van der Waals surface area contributed by atoms with Gasteiger partial charge in [0.15, 0.2) is 5.78 Å². The number of nitrogens with zero attached hydrogens (tertiary/aromatic N) is 1. The van der Waals surface area contributed by atoms with E-state index < -0.39 is 35.9 Å². The number of primary amides is 1. The summed E-state index contributed by atoms with van der Waals surface area (Å²) in [4.78, 5) is 43.3. The van der Waals surface area contributed by atoms with Gasteiger partial charge < -0.3 is 20.7 Å². The second-order valence-corrected chi connectivity index (χ2v) is 10.5. The standard InChI is InChI=1S/C34H33N3O4/c1-21-9-13-24(14-10-21)30-29(32(38)25-15-19-27(41-3)20-16-25)28(23-7-5-4-6-8-23)31(33(35)39)37(30)34(40)36-26-17-11-22(2)12-18-26/h4-20,28-31H,1-3H3,(H2,35,39)(H,36,40). The van der Waals surface area contributed by atoms with E-state index in [1.54, 1.807) is 43.5 Å². The number of carbonyl (C=O) groups excluding carboxylic acids is 3. The second-order valence-electron chi connectivity index (χ2n) is 10.5. The van der Waals surface area contributed by atoms with E-state index in [1.807, 2.05) is 80.6 Å². The zero-order valence-electron chi connectivity index (χ0n) is 23.3. The predicted octanol–water partition coefficient (Wildman–Crippen LogP) is 6.04. The van der Waals surface area contributed by atoms with Gasteiger partial charge in [-0.1, -0.05) is 77.9 Å². The number of hydrogen-bond donors (Lipinski definition) is 2. The minimum absolute atomic E-state index is 0.191. The highest BCUT2D eigenvalue weighted by molar-refractivity contribution is 6.03. The van der Waals surface area contributed by atoms with Crippen molar-refractivity contribution in [2.75, 3.05) is 12.4 Å². The van der Waals surface area contributed by atoms with Crippen LogP contribution < -0.4 is 15.8 Å². The molecule has 7 heteroatoms. The number of nitrogens with one attached hydrogen (secondary N) is 1. The molecule has 3 amide bonds. The van der Waals surface area contributed by atoms with Crippen molar-refractivity contribution in [2.45, 2.75) is 31.8 Å². The summed E-state index contributed by atoms with van der Waals surface area (Å²) in [7, 11) is 1.56. The average molecular weight is 548 g/mol. The summed E-state index contributed by atoms with van der Waals surface area (Å²) in [6, 6.07) is 29.0. The third-order valence-corrected chi connectivity index (χ3v) is 7.78. The van der Waals surface area contributed by atoms with Crippen LogP contribution in [-0.4, -0.2) is 35.8 Å². The number of ether oxygens (including phenoxy) is 1. The number of carbonyl (C=O) groups is 3. The van der Waals surface area contributed by atoms with Gasteiger partial charge in [-0.15, -0.1) is 0 Å². The highest BCUT2D eigenvalue weighted by Gasteiger charge is 2.57. The van der Waals surface area contributed by atoms with Crippen LogP contribution in [0.1, 0.15) is 44.6 Å². The topological polar surface area (TPSA) is 102 Å². The number of benzene rings is 4. The average Bonchev–Trinajstić information content (AvgIpc) is 3.35. The van der Waals surface area contributed by atoms with Gasteiger partial charge in [-0.2, -0.15) is 0 Å². The van der Waals surface area contributed by atoms with E-state index in [2.05, 4.69) is 5.32 Å². The third kappa shape index (κ3) is 5.57. The Kier molecular flexibility index (Phi) is 7.88. The van der Waals surface area contributed by atoms with Crippen LogP contribution in [0.2, 0.25) is 0 Å². The molecule has 0 aliphatic carbocycles. The van der Waals surface area contributed by atoms with E-state index in [0.29, 0.717) is 17.0 Å². The number of likely N-dealkylation sites (tertiary alicyclic amines) is 1. The van der Waals surface area contributed by atoms with Gasteiger partial charge in [0, 0.05) is 17.2 Å². The molecule has 3 N–H and O–H groups in total. The fourth-order valence-electron chi connectivity index (χ4n) is 5.75. The Morgan fingerprint density at radius 3 is 1.90 bits per heavy atom. The lowest BCUT2D eigenvalue weighted by atomic mass is 9.76. The zero-order chi connectivity index (χ0) is 29.1. The predicted molar refractivity (Wildman–Crippen MR) is 159 cm³/mol. The summed E-state index contributed by atoms with van der Waals surface area (Å²) >= 11 is 0. The minimum atomic E-state index is -1.08. The van der Waals surface area contributed by atoms with Gasteiger partial charge in [0.1, 0.15) is 11.8 Å². The first kappa shape index (κ1) is 27.6. The molecule has 1 heterocycles. The zero-order valence-corrected chi connectivity index (χ0v) is 23.3. The molecule has 7 nitrogen and oxygen atoms in total. The molecule has 0 radical (unpaired) electrons. The molecule has 41 heavy (non-hydrogen) atoms. The summed E-state index contributed by atoms with van der Waals surface area (Å²) in [6.45, 7) is 3.93. The van der Waals surface area contributed by atoms with Crippen LogP contribution in [0, 0.1) is 19.8 Å². The molecule has 4 aromatic rings. The third-order valence-electron chi connectivity index (χ3n) is 7.78. The molecule has 1 aliphatic heterocycles. The largest absolute Gasteiger partial charge is 0.497 e. The van der Waals surface area contributed by atoms with E-state index in [4.69, 9.17) is 10.5 Å². The van der Waals surface area contributed by atoms with Crippen molar-refractivity contribution in [3.63, 3.8) is 0 Å². The molecule has 4 aromatic carbocycles. The van der Waals surface area contributed by atoms with Gasteiger partial charge in [0.05, 0.1) is 19.1 Å². The Morgan fingerprint density at radius 2 is 1.34 bits per heavy atom. The number of urea groups is 1. The maximum Gasteiger partial charge on any atom is 0.323 e. The van der Waals surface area contributed by atoms with Crippen LogP contribution in [0.25, 0.3) is 0 Å². The molecule has 0 aromatic heterocycles. The normalized spacial score (nSPS) is 19.9. The second kappa shape index (κ2) is 11.7. The Hall–Kier alpha value is -4.91. The van der Waals surface area contributed by atoms with E-state index in [-0.39, 0.29) is 5.78 Å². The number of aryl methyl sites for hydroxylation is 2. The molecule has 0 saturated carbocycles. The lowest BCUT2D eigenvalue weighted by Crippen LogP contribution is -2.48. The van der Waals surface area contributed by atoms with Crippen molar-refractivity contribution in [3.05, 3.63) is 131 Å². The number of nitrogens with two attached hydrogens (primary N) is 1. The molecule has 1 saturated heterocycles. The smallest absolute Gasteiger partial charge is 0.323 e. The van der Waals surface area contributed by atoms with Crippen LogP contribution >= 0.6 is 0 Å². The molecule has 1 aliphatic rings. The van der Waals surface area contributed by atoms with Crippen molar-refractivity contribution >= 4 is 23.4 Å². The number of amides is 3. The van der Waals surface area contributed by atoms with Crippen LogP contribution in [0.5, 0.6) is 5.75 Å². The molecule has 1 fully saturated rings. The van der Waals surface area contributed by atoms with Gasteiger partial charge >= 0.3 is 6.03 Å². The summed E-state index contributed by atoms with van der Waals surface area (Å²) in [5.41, 5.74) is 10.7. The number of rotatable bonds is 7. The molecule has 0 spiro atoms. The Morgan fingerprint density at radius 1 is 0.756 bits per heavy atom. The van der Waals surface area contributed by atoms with E-state index >= 15 is 0 Å². The highest BCUT2D eigenvalue weighted by atomic mass is 16.5. The number of hydrogen-bond acceptors (Lipinski definition) is 4.